The summed E-state index contributed by atoms with van der Waals surface area (Å²) in [5.74, 6) is -0.399. The molecule has 2 amide bonds. The van der Waals surface area contributed by atoms with Gasteiger partial charge in [0, 0.05) is 52.7 Å². The number of hydrogen-bond donors (Lipinski definition) is 1. The average molecular weight is 567 g/mol. The molecule has 15 heteroatoms. The average Bonchev–Trinajstić information content (AvgIpc) is 3.21. The highest BCUT2D eigenvalue weighted by molar-refractivity contribution is 7.47. The highest BCUT2D eigenvalue weighted by atomic mass is 31.2. The summed E-state index contributed by atoms with van der Waals surface area (Å²) in [7, 11) is 2.92. The first-order chi connectivity index (χ1) is 17.7. The number of amides is 2. The Morgan fingerprint density at radius 1 is 1.16 bits per heavy atom. The van der Waals surface area contributed by atoms with E-state index in [0.717, 1.165) is 0 Å². The number of hydrogen-bond acceptors (Lipinski definition) is 11. The van der Waals surface area contributed by atoms with Gasteiger partial charge in [-0.15, -0.1) is 0 Å². The molecule has 5 unspecified atom stereocenters. The Labute approximate surface area is 222 Å². The molecule has 13 nitrogen and oxygen atoms in total. The molecule has 1 heterocycles. The van der Waals surface area contributed by atoms with Gasteiger partial charge in [0.15, 0.2) is 20.9 Å². The zero-order chi connectivity index (χ0) is 28.0. The molecule has 1 rings (SSSR count). The second kappa shape index (κ2) is 18.1. The third-order valence-corrected chi connectivity index (χ3v) is 8.41. The van der Waals surface area contributed by atoms with Crippen molar-refractivity contribution in [3.8, 4) is 6.07 Å². The summed E-state index contributed by atoms with van der Waals surface area (Å²) in [5.41, 5.74) is 0. The fourth-order valence-corrected chi connectivity index (χ4v) is 5.83. The lowest BCUT2D eigenvalue weighted by Gasteiger charge is -2.38. The minimum Gasteiger partial charge on any atom is -0.374 e. The van der Waals surface area contributed by atoms with E-state index in [0.29, 0.717) is 6.41 Å². The van der Waals surface area contributed by atoms with Crippen LogP contribution in [0.5, 0.6) is 0 Å². The van der Waals surface area contributed by atoms with E-state index in [-0.39, 0.29) is 31.5 Å². The van der Waals surface area contributed by atoms with Gasteiger partial charge in [-0.25, -0.2) is 4.67 Å². The summed E-state index contributed by atoms with van der Waals surface area (Å²) >= 11 is 0. The number of carbonyl (C=O) groups is 2. The van der Waals surface area contributed by atoms with Crippen molar-refractivity contribution in [3.63, 3.8) is 0 Å². The van der Waals surface area contributed by atoms with E-state index in [1.54, 1.807) is 0 Å². The maximum absolute atomic E-state index is 11.9. The lowest BCUT2D eigenvalue weighted by Crippen LogP contribution is -2.44. The van der Waals surface area contributed by atoms with Gasteiger partial charge >= 0.3 is 0 Å². The minimum absolute atomic E-state index is 0.0588. The molecule has 212 valence electrons. The van der Waals surface area contributed by atoms with Crippen LogP contribution in [0.4, 0.5) is 0 Å². The summed E-state index contributed by atoms with van der Waals surface area (Å²) < 4.78 is 42.9. The number of nitrogens with one attached hydrogen (secondary N) is 1. The normalized spacial score (nSPS) is 22.8. The Kier molecular flexibility index (Phi) is 16.5. The third-order valence-electron chi connectivity index (χ3n) is 5.10. The summed E-state index contributed by atoms with van der Waals surface area (Å²) in [4.78, 5) is 24.8. The van der Waals surface area contributed by atoms with Crippen LogP contribution in [0, 0.1) is 11.3 Å². The molecule has 0 aromatic carbocycles. The minimum atomic E-state index is -1.69. The molecule has 0 radical (unpaired) electrons. The molecule has 1 aliphatic heterocycles. The van der Waals surface area contributed by atoms with Gasteiger partial charge in [0.1, 0.15) is 18.6 Å². The van der Waals surface area contributed by atoms with Gasteiger partial charge in [-0.1, -0.05) is 0 Å². The lowest BCUT2D eigenvalue weighted by molar-refractivity contribution is -0.174. The smallest absolute Gasteiger partial charge is 0.259 e. The summed E-state index contributed by atoms with van der Waals surface area (Å²) in [6.45, 7) is 8.25. The van der Waals surface area contributed by atoms with Crippen LogP contribution in [-0.4, -0.2) is 100 Å². The highest BCUT2D eigenvalue weighted by Gasteiger charge is 2.51. The first kappa shape index (κ1) is 33.7. The molecular formula is C22H40N4O9P2. The van der Waals surface area contributed by atoms with Gasteiger partial charge in [0.05, 0.1) is 19.1 Å². The number of carbonyl (C=O) groups excluding carboxylic acids is 2. The number of methoxy groups -OCH3 is 1. The number of nitriles is 1. The summed E-state index contributed by atoms with van der Waals surface area (Å²) in [6, 6.07) is 2.19. The van der Waals surface area contributed by atoms with Gasteiger partial charge < -0.3 is 37.6 Å². The Morgan fingerprint density at radius 2 is 1.81 bits per heavy atom. The van der Waals surface area contributed by atoms with Gasteiger partial charge in [-0.05, 0) is 27.7 Å². The molecule has 0 spiro atoms. The Bertz CT molecular complexity index is 744. The van der Waals surface area contributed by atoms with E-state index in [1.807, 2.05) is 27.7 Å². The van der Waals surface area contributed by atoms with Crippen molar-refractivity contribution < 1.29 is 41.9 Å². The van der Waals surface area contributed by atoms with Gasteiger partial charge in [0.2, 0.25) is 12.3 Å². The molecule has 37 heavy (non-hydrogen) atoms. The standard InChI is InChI=1S/C22H40N4O9P2/c1-16(2)26(17(3)4)37(33-13-9-11-23)35-20-19(29-6)21(25(14-27)12-10-18(28)24-5)34-22(20)32-15-36(30-7)31-8/h10,12,14,16-17,19-22H,9,13,15H2,1-8H3,(H,24,28)/b12-10-. The molecule has 0 bridgehead atoms. The van der Waals surface area contributed by atoms with Crippen molar-refractivity contribution in [2.24, 2.45) is 0 Å². The third kappa shape index (κ3) is 10.4. The van der Waals surface area contributed by atoms with Crippen molar-refractivity contribution in [1.29, 1.82) is 5.26 Å². The topological polar surface area (TPSA) is 141 Å². The SMILES string of the molecule is CNC(=O)/C=C\N(C=O)C1OC(OCP(OC)OC)C(OP(OCCC#N)N(C(C)C)C(C)C)C1OC. The molecule has 1 aliphatic rings. The van der Waals surface area contributed by atoms with E-state index >= 15 is 0 Å². The van der Waals surface area contributed by atoms with Crippen molar-refractivity contribution in [1.82, 2.24) is 14.9 Å². The van der Waals surface area contributed by atoms with Gasteiger partial charge in [-0.2, -0.15) is 5.26 Å². The van der Waals surface area contributed by atoms with E-state index < -0.39 is 47.5 Å². The quantitative estimate of drug-likeness (QED) is 0.113. The fourth-order valence-electron chi connectivity index (χ4n) is 3.47. The van der Waals surface area contributed by atoms with Crippen LogP contribution in [0.25, 0.3) is 0 Å². The van der Waals surface area contributed by atoms with E-state index in [4.69, 9.17) is 37.6 Å². The van der Waals surface area contributed by atoms with E-state index in [2.05, 4.69) is 16.1 Å². The molecule has 0 aliphatic carbocycles. The second-order valence-corrected chi connectivity index (χ2v) is 11.2. The van der Waals surface area contributed by atoms with Crippen molar-refractivity contribution in [2.75, 3.05) is 41.3 Å². The molecule has 1 saturated heterocycles. The molecular weight excluding hydrogens is 526 g/mol. The molecule has 5 atom stereocenters. The zero-order valence-corrected chi connectivity index (χ0v) is 24.5. The second-order valence-electron chi connectivity index (χ2n) is 8.19. The summed E-state index contributed by atoms with van der Waals surface area (Å²) in [5, 5.41) is 11.5. The van der Waals surface area contributed by atoms with E-state index in [1.165, 1.54) is 45.6 Å². The summed E-state index contributed by atoms with van der Waals surface area (Å²) in [6.07, 6.45) is -0.357. The largest absolute Gasteiger partial charge is 0.374 e. The first-order valence-corrected chi connectivity index (χ1v) is 14.2. The highest BCUT2D eigenvalue weighted by Crippen LogP contribution is 2.50. The van der Waals surface area contributed by atoms with Crippen LogP contribution in [0.15, 0.2) is 12.3 Å². The van der Waals surface area contributed by atoms with Crippen LogP contribution in [0.2, 0.25) is 0 Å². The first-order valence-electron chi connectivity index (χ1n) is 11.7. The van der Waals surface area contributed by atoms with Crippen molar-refractivity contribution in [3.05, 3.63) is 12.3 Å². The van der Waals surface area contributed by atoms with Gasteiger partial charge in [0.25, 0.3) is 8.53 Å². The molecule has 0 saturated carbocycles. The molecule has 1 fully saturated rings. The van der Waals surface area contributed by atoms with Crippen molar-refractivity contribution >= 4 is 29.2 Å². The maximum Gasteiger partial charge on any atom is 0.259 e. The number of likely N-dealkylation sites (N-methyl/N-ethyl adjacent to an activating group) is 1. The maximum atomic E-state index is 11.9. The molecule has 0 aromatic rings. The number of rotatable bonds is 18. The Balaban J connectivity index is 3.35. The zero-order valence-electron chi connectivity index (χ0n) is 22.7. The predicted molar refractivity (Wildman–Crippen MR) is 138 cm³/mol. The van der Waals surface area contributed by atoms with Crippen molar-refractivity contribution in [2.45, 2.75) is 70.9 Å². The Morgan fingerprint density at radius 3 is 2.30 bits per heavy atom. The molecule has 0 aromatic heterocycles. The monoisotopic (exact) mass is 566 g/mol. The Hall–Kier alpha value is -1.29. The van der Waals surface area contributed by atoms with E-state index in [9.17, 15) is 9.59 Å². The molecule has 1 N–H and O–H groups in total. The predicted octanol–water partition coefficient (Wildman–Crippen LogP) is 2.64. The van der Waals surface area contributed by atoms with Crippen LogP contribution in [-0.2, 0) is 41.9 Å². The van der Waals surface area contributed by atoms with Crippen LogP contribution >= 0.6 is 16.9 Å². The van der Waals surface area contributed by atoms with Gasteiger partial charge in [-0.3, -0.25) is 14.5 Å². The van der Waals surface area contributed by atoms with Crippen LogP contribution in [0.3, 0.4) is 0 Å². The fraction of sp³-hybridized carbons (Fsp3) is 0.773. The number of ether oxygens (including phenoxy) is 3. The van der Waals surface area contributed by atoms with Crippen LogP contribution in [0.1, 0.15) is 34.1 Å². The lowest BCUT2D eigenvalue weighted by atomic mass is 10.2. The van der Waals surface area contributed by atoms with Crippen LogP contribution < -0.4 is 5.32 Å². The number of nitrogens with zero attached hydrogens (tertiary/aromatic N) is 3.